The largest absolute Gasteiger partial charge is 0.294 e. The van der Waals surface area contributed by atoms with Crippen molar-refractivity contribution in [3.63, 3.8) is 0 Å². The van der Waals surface area contributed by atoms with Crippen molar-refractivity contribution in [3.8, 4) is 0 Å². The third kappa shape index (κ3) is 0.872. The van der Waals surface area contributed by atoms with Crippen LogP contribution in [-0.4, -0.2) is 11.6 Å². The van der Waals surface area contributed by atoms with E-state index in [0.717, 1.165) is 25.7 Å². The molecule has 2 heteroatoms. The average molecular weight is 164 g/mol. The van der Waals surface area contributed by atoms with Crippen LogP contribution in [0, 0.1) is 11.8 Å². The standard InChI is InChI=1S/C10H12O2/c1-6-9(11)7-4-2-3-5-8(7)10(6)12/h7-8H,1-5H2. The lowest BCUT2D eigenvalue weighted by molar-refractivity contribution is -0.120. The van der Waals surface area contributed by atoms with E-state index >= 15 is 0 Å². The van der Waals surface area contributed by atoms with E-state index in [1.807, 2.05) is 0 Å². The molecule has 2 unspecified atom stereocenters. The Morgan fingerprint density at radius 3 is 1.83 bits per heavy atom. The minimum absolute atomic E-state index is 0.00116. The molecule has 12 heavy (non-hydrogen) atoms. The Labute approximate surface area is 71.6 Å². The molecule has 0 aliphatic heterocycles. The van der Waals surface area contributed by atoms with Crippen molar-refractivity contribution in [2.75, 3.05) is 0 Å². The van der Waals surface area contributed by atoms with Crippen molar-refractivity contribution in [3.05, 3.63) is 12.2 Å². The summed E-state index contributed by atoms with van der Waals surface area (Å²) in [7, 11) is 0. The number of Topliss-reactive ketones (excluding diaryl/α,β-unsaturated/α-hetero) is 2. The van der Waals surface area contributed by atoms with Gasteiger partial charge in [0.15, 0.2) is 11.6 Å². The molecule has 2 nitrogen and oxygen atoms in total. The third-order valence-electron chi connectivity index (χ3n) is 3.03. The molecule has 0 saturated heterocycles. The van der Waals surface area contributed by atoms with E-state index in [4.69, 9.17) is 0 Å². The van der Waals surface area contributed by atoms with Gasteiger partial charge in [-0.15, -0.1) is 0 Å². The second-order valence-corrected chi connectivity index (χ2v) is 3.70. The molecule has 0 aromatic rings. The Morgan fingerprint density at radius 1 is 1.00 bits per heavy atom. The molecule has 2 aliphatic rings. The zero-order valence-electron chi connectivity index (χ0n) is 7.01. The molecule has 0 amide bonds. The normalized spacial score (nSPS) is 35.5. The molecule has 2 aliphatic carbocycles. The summed E-state index contributed by atoms with van der Waals surface area (Å²) < 4.78 is 0. The van der Waals surface area contributed by atoms with E-state index in [2.05, 4.69) is 6.58 Å². The Hall–Kier alpha value is -0.920. The first-order chi connectivity index (χ1) is 5.72. The fourth-order valence-corrected chi connectivity index (χ4v) is 2.33. The van der Waals surface area contributed by atoms with Crippen LogP contribution in [0.5, 0.6) is 0 Å². The highest BCUT2D eigenvalue weighted by Crippen LogP contribution is 2.39. The van der Waals surface area contributed by atoms with E-state index in [1.54, 1.807) is 0 Å². The van der Waals surface area contributed by atoms with Gasteiger partial charge in [-0.05, 0) is 12.8 Å². The summed E-state index contributed by atoms with van der Waals surface area (Å²) >= 11 is 0. The molecule has 2 atom stereocenters. The van der Waals surface area contributed by atoms with Crippen LogP contribution in [0.1, 0.15) is 25.7 Å². The predicted molar refractivity (Wildman–Crippen MR) is 44.6 cm³/mol. The zero-order chi connectivity index (χ0) is 8.72. The second kappa shape index (κ2) is 2.54. The van der Waals surface area contributed by atoms with Gasteiger partial charge in [-0.3, -0.25) is 9.59 Å². The maximum absolute atomic E-state index is 11.4. The third-order valence-corrected chi connectivity index (χ3v) is 3.03. The number of fused-ring (bicyclic) bond motifs is 1. The number of hydrogen-bond acceptors (Lipinski definition) is 2. The van der Waals surface area contributed by atoms with Crippen molar-refractivity contribution in [2.24, 2.45) is 11.8 Å². The molecule has 64 valence electrons. The lowest BCUT2D eigenvalue weighted by Crippen LogP contribution is -2.21. The van der Waals surface area contributed by atoms with Crippen LogP contribution in [0.2, 0.25) is 0 Å². The van der Waals surface area contributed by atoms with E-state index in [1.165, 1.54) is 0 Å². The lowest BCUT2D eigenvalue weighted by atomic mass is 9.81. The Morgan fingerprint density at radius 2 is 1.42 bits per heavy atom. The smallest absolute Gasteiger partial charge is 0.169 e. The Kier molecular flexibility index (Phi) is 1.63. The van der Waals surface area contributed by atoms with Crippen molar-refractivity contribution in [1.82, 2.24) is 0 Å². The first kappa shape index (κ1) is 7.71. The zero-order valence-corrected chi connectivity index (χ0v) is 7.01. The van der Waals surface area contributed by atoms with E-state index in [-0.39, 0.29) is 29.0 Å². The first-order valence-corrected chi connectivity index (χ1v) is 4.49. The minimum Gasteiger partial charge on any atom is -0.294 e. The summed E-state index contributed by atoms with van der Waals surface area (Å²) in [4.78, 5) is 22.9. The summed E-state index contributed by atoms with van der Waals surface area (Å²) in [6, 6.07) is 0. The molecule has 0 bridgehead atoms. The lowest BCUT2D eigenvalue weighted by Gasteiger charge is -2.21. The van der Waals surface area contributed by atoms with Crippen LogP contribution in [0.15, 0.2) is 12.2 Å². The molecule has 2 fully saturated rings. The van der Waals surface area contributed by atoms with Crippen molar-refractivity contribution >= 4 is 11.6 Å². The van der Waals surface area contributed by atoms with Crippen molar-refractivity contribution < 1.29 is 9.59 Å². The van der Waals surface area contributed by atoms with E-state index in [0.29, 0.717) is 0 Å². The SMILES string of the molecule is C=C1C(=O)C2CCCCC2C1=O. The molecule has 0 spiro atoms. The molecule has 0 N–H and O–H groups in total. The highest BCUT2D eigenvalue weighted by atomic mass is 16.2. The molecular formula is C10H12O2. The van der Waals surface area contributed by atoms with Crippen LogP contribution in [0.4, 0.5) is 0 Å². The van der Waals surface area contributed by atoms with Gasteiger partial charge in [-0.1, -0.05) is 19.4 Å². The summed E-state index contributed by atoms with van der Waals surface area (Å²) in [5, 5.41) is 0. The monoisotopic (exact) mass is 164 g/mol. The van der Waals surface area contributed by atoms with E-state index in [9.17, 15) is 9.59 Å². The maximum atomic E-state index is 11.4. The molecule has 2 rings (SSSR count). The van der Waals surface area contributed by atoms with Crippen molar-refractivity contribution in [2.45, 2.75) is 25.7 Å². The molecule has 0 heterocycles. The molecule has 0 aromatic carbocycles. The summed E-state index contributed by atoms with van der Waals surface area (Å²) in [6.45, 7) is 3.54. The van der Waals surface area contributed by atoms with Gasteiger partial charge in [-0.2, -0.15) is 0 Å². The van der Waals surface area contributed by atoms with E-state index < -0.39 is 0 Å². The minimum atomic E-state index is -0.00116. The highest BCUT2D eigenvalue weighted by molar-refractivity contribution is 6.26. The van der Waals surface area contributed by atoms with Gasteiger partial charge in [0.25, 0.3) is 0 Å². The van der Waals surface area contributed by atoms with Gasteiger partial charge in [0.05, 0.1) is 5.57 Å². The number of allylic oxidation sites excluding steroid dienone is 1. The van der Waals surface area contributed by atoms with Gasteiger partial charge >= 0.3 is 0 Å². The van der Waals surface area contributed by atoms with Gasteiger partial charge in [-0.25, -0.2) is 0 Å². The number of rotatable bonds is 0. The van der Waals surface area contributed by atoms with Crippen LogP contribution in [0.25, 0.3) is 0 Å². The fourth-order valence-electron chi connectivity index (χ4n) is 2.33. The molecule has 0 aromatic heterocycles. The number of carbonyl (C=O) groups is 2. The number of ketones is 2. The van der Waals surface area contributed by atoms with Gasteiger partial charge in [0.1, 0.15) is 0 Å². The van der Waals surface area contributed by atoms with Crippen molar-refractivity contribution in [1.29, 1.82) is 0 Å². The van der Waals surface area contributed by atoms with Crippen LogP contribution in [-0.2, 0) is 9.59 Å². The Balaban J connectivity index is 2.31. The van der Waals surface area contributed by atoms with Gasteiger partial charge in [0, 0.05) is 11.8 Å². The number of carbonyl (C=O) groups excluding carboxylic acids is 2. The number of hydrogen-bond donors (Lipinski definition) is 0. The quantitative estimate of drug-likeness (QED) is 0.401. The Bertz CT molecular complexity index is 239. The maximum Gasteiger partial charge on any atom is 0.169 e. The van der Waals surface area contributed by atoms with Crippen LogP contribution in [0.3, 0.4) is 0 Å². The molecular weight excluding hydrogens is 152 g/mol. The highest BCUT2D eigenvalue weighted by Gasteiger charge is 2.44. The molecule has 0 radical (unpaired) electrons. The summed E-state index contributed by atoms with van der Waals surface area (Å²) in [6.07, 6.45) is 3.98. The average Bonchev–Trinajstić information content (AvgIpc) is 2.33. The van der Waals surface area contributed by atoms with Crippen LogP contribution < -0.4 is 0 Å². The first-order valence-electron chi connectivity index (χ1n) is 4.49. The predicted octanol–water partition coefficient (Wildman–Crippen LogP) is 1.50. The topological polar surface area (TPSA) is 34.1 Å². The van der Waals surface area contributed by atoms with Gasteiger partial charge in [0.2, 0.25) is 0 Å². The molecule has 2 saturated carbocycles. The summed E-state index contributed by atoms with van der Waals surface area (Å²) in [5.74, 6) is 0.0342. The summed E-state index contributed by atoms with van der Waals surface area (Å²) in [5.41, 5.74) is 0.256. The van der Waals surface area contributed by atoms with Gasteiger partial charge < -0.3 is 0 Å². The van der Waals surface area contributed by atoms with Crippen LogP contribution >= 0.6 is 0 Å². The fraction of sp³-hybridized carbons (Fsp3) is 0.600. The second-order valence-electron chi connectivity index (χ2n) is 3.70.